The minimum absolute atomic E-state index is 0.105. The first-order valence-corrected chi connectivity index (χ1v) is 10.4. The van der Waals surface area contributed by atoms with Gasteiger partial charge in [-0.05, 0) is 42.5 Å². The maximum absolute atomic E-state index is 13.5. The second-order valence-electron chi connectivity index (χ2n) is 7.40. The van der Waals surface area contributed by atoms with Gasteiger partial charge in [0.15, 0.2) is 0 Å². The van der Waals surface area contributed by atoms with E-state index >= 15 is 0 Å². The molecule has 0 bridgehead atoms. The van der Waals surface area contributed by atoms with Crippen molar-refractivity contribution in [1.82, 2.24) is 20.3 Å². The SMILES string of the molecule is C=CC(=O)Nc1ccc(Nc2nc3cc(Oc4ccnc(C(=O)NC)c4)ccc3[nH]2)cc1C(F)(F)F. The van der Waals surface area contributed by atoms with E-state index in [2.05, 4.69) is 37.5 Å². The first-order chi connectivity index (χ1) is 17.2. The molecule has 4 rings (SSSR count). The number of nitrogens with zero attached hydrogens (tertiary/aromatic N) is 2. The Bertz CT molecular complexity index is 1470. The zero-order valence-corrected chi connectivity index (χ0v) is 18.7. The van der Waals surface area contributed by atoms with E-state index in [1.54, 1.807) is 24.3 Å². The van der Waals surface area contributed by atoms with Crippen LogP contribution in [-0.4, -0.2) is 33.8 Å². The number of pyridine rings is 1. The Labute approximate surface area is 202 Å². The molecule has 9 nitrogen and oxygen atoms in total. The number of hydrogen-bond donors (Lipinski definition) is 4. The number of halogens is 3. The molecule has 0 saturated carbocycles. The molecule has 0 aliphatic rings. The average molecular weight is 496 g/mol. The van der Waals surface area contributed by atoms with Gasteiger partial charge in [-0.25, -0.2) is 4.98 Å². The Balaban J connectivity index is 1.56. The van der Waals surface area contributed by atoms with Crippen LogP contribution in [-0.2, 0) is 11.0 Å². The predicted molar refractivity (Wildman–Crippen MR) is 127 cm³/mol. The van der Waals surface area contributed by atoms with Gasteiger partial charge < -0.3 is 25.7 Å². The number of carbonyl (C=O) groups excluding carboxylic acids is 2. The Kier molecular flexibility index (Phi) is 6.59. The quantitative estimate of drug-likeness (QED) is 0.267. The summed E-state index contributed by atoms with van der Waals surface area (Å²) in [6.45, 7) is 3.24. The summed E-state index contributed by atoms with van der Waals surface area (Å²) >= 11 is 0. The zero-order valence-electron chi connectivity index (χ0n) is 18.7. The van der Waals surface area contributed by atoms with Gasteiger partial charge in [-0.1, -0.05) is 6.58 Å². The number of fused-ring (bicyclic) bond motifs is 1. The summed E-state index contributed by atoms with van der Waals surface area (Å²) in [5.74, 6) is -0.0998. The molecule has 0 atom stereocenters. The molecule has 2 aromatic carbocycles. The molecule has 2 amide bonds. The summed E-state index contributed by atoms with van der Waals surface area (Å²) in [7, 11) is 1.49. The van der Waals surface area contributed by atoms with Crippen LogP contribution in [0, 0.1) is 0 Å². The van der Waals surface area contributed by atoms with Crippen LogP contribution in [0.5, 0.6) is 11.5 Å². The highest BCUT2D eigenvalue weighted by atomic mass is 19.4. The molecular formula is C24H19F3N6O3. The number of nitrogens with one attached hydrogen (secondary N) is 4. The van der Waals surface area contributed by atoms with Crippen LogP contribution in [0.1, 0.15) is 16.1 Å². The smallest absolute Gasteiger partial charge is 0.418 e. The molecule has 0 aliphatic heterocycles. The van der Waals surface area contributed by atoms with Crippen molar-refractivity contribution in [3.8, 4) is 11.5 Å². The normalized spacial score (nSPS) is 11.1. The molecule has 2 heterocycles. The van der Waals surface area contributed by atoms with Gasteiger partial charge in [-0.2, -0.15) is 13.2 Å². The summed E-state index contributed by atoms with van der Waals surface area (Å²) in [6, 6.07) is 11.5. The number of anilines is 3. The predicted octanol–water partition coefficient (Wildman–Crippen LogP) is 5.00. The first kappa shape index (κ1) is 24.3. The number of benzene rings is 2. The van der Waals surface area contributed by atoms with Gasteiger partial charge in [0, 0.05) is 31.1 Å². The number of alkyl halides is 3. The fraction of sp³-hybridized carbons (Fsp3) is 0.0833. The number of ether oxygens (including phenoxy) is 1. The summed E-state index contributed by atoms with van der Waals surface area (Å²) in [5, 5.41) is 7.43. The van der Waals surface area contributed by atoms with E-state index < -0.39 is 17.6 Å². The Hall–Kier alpha value is -4.87. The molecular weight excluding hydrogens is 477 g/mol. The van der Waals surface area contributed by atoms with Crippen LogP contribution in [0.4, 0.5) is 30.5 Å². The molecule has 4 aromatic rings. The number of carbonyl (C=O) groups is 2. The lowest BCUT2D eigenvalue weighted by molar-refractivity contribution is -0.136. The van der Waals surface area contributed by atoms with Gasteiger partial charge in [-0.3, -0.25) is 14.6 Å². The van der Waals surface area contributed by atoms with Crippen LogP contribution in [0.15, 0.2) is 67.4 Å². The highest BCUT2D eigenvalue weighted by molar-refractivity contribution is 5.99. The molecule has 4 N–H and O–H groups in total. The molecule has 184 valence electrons. The molecule has 0 aliphatic carbocycles. The molecule has 0 spiro atoms. The third-order valence-corrected chi connectivity index (χ3v) is 4.91. The molecule has 0 saturated heterocycles. The summed E-state index contributed by atoms with van der Waals surface area (Å²) in [5.41, 5.74) is -0.0235. The molecule has 0 fully saturated rings. The summed E-state index contributed by atoms with van der Waals surface area (Å²) < 4.78 is 46.4. The number of hydrogen-bond acceptors (Lipinski definition) is 6. The fourth-order valence-electron chi connectivity index (χ4n) is 3.26. The number of amides is 2. The molecule has 0 radical (unpaired) electrons. The second-order valence-corrected chi connectivity index (χ2v) is 7.40. The monoisotopic (exact) mass is 496 g/mol. The van der Waals surface area contributed by atoms with Crippen molar-refractivity contribution < 1.29 is 27.5 Å². The van der Waals surface area contributed by atoms with Crippen molar-refractivity contribution in [2.45, 2.75) is 6.18 Å². The first-order valence-electron chi connectivity index (χ1n) is 10.4. The molecule has 36 heavy (non-hydrogen) atoms. The lowest BCUT2D eigenvalue weighted by Gasteiger charge is -2.15. The summed E-state index contributed by atoms with van der Waals surface area (Å²) in [4.78, 5) is 34.6. The number of aromatic amines is 1. The maximum atomic E-state index is 13.5. The Morgan fingerprint density at radius 3 is 2.58 bits per heavy atom. The number of imidazole rings is 1. The van der Waals surface area contributed by atoms with E-state index in [9.17, 15) is 22.8 Å². The Morgan fingerprint density at radius 2 is 1.86 bits per heavy atom. The van der Waals surface area contributed by atoms with Gasteiger partial charge in [-0.15, -0.1) is 0 Å². The van der Waals surface area contributed by atoms with Crippen molar-refractivity contribution in [3.63, 3.8) is 0 Å². The standard InChI is InChI=1S/C24H19F3N6O3/c1-3-21(34)31-17-6-4-13(10-16(17)24(25,26)27)30-23-32-18-7-5-14(11-19(18)33-23)36-15-8-9-29-20(12-15)22(35)28-2/h3-12H,1H2,2H3,(H,28,35)(H,31,34)(H2,30,32,33). The molecule has 12 heteroatoms. The second kappa shape index (κ2) is 9.78. The third kappa shape index (κ3) is 5.43. The zero-order chi connectivity index (χ0) is 25.9. The van der Waals surface area contributed by atoms with Crippen LogP contribution in [0.3, 0.4) is 0 Å². The number of H-pyrrole nitrogens is 1. The van der Waals surface area contributed by atoms with Gasteiger partial charge in [0.1, 0.15) is 17.2 Å². The van der Waals surface area contributed by atoms with Gasteiger partial charge >= 0.3 is 6.18 Å². The van der Waals surface area contributed by atoms with E-state index in [0.717, 1.165) is 18.2 Å². The van der Waals surface area contributed by atoms with Gasteiger partial charge in [0.05, 0.1) is 22.3 Å². The third-order valence-electron chi connectivity index (χ3n) is 4.91. The average Bonchev–Trinajstić information content (AvgIpc) is 3.25. The maximum Gasteiger partial charge on any atom is 0.418 e. The van der Waals surface area contributed by atoms with E-state index in [1.807, 2.05) is 0 Å². The van der Waals surface area contributed by atoms with Crippen LogP contribution in [0.2, 0.25) is 0 Å². The van der Waals surface area contributed by atoms with Crippen LogP contribution < -0.4 is 20.7 Å². The van der Waals surface area contributed by atoms with Crippen molar-refractivity contribution in [2.75, 3.05) is 17.7 Å². The van der Waals surface area contributed by atoms with E-state index in [-0.39, 0.29) is 28.9 Å². The lowest BCUT2D eigenvalue weighted by atomic mass is 10.1. The van der Waals surface area contributed by atoms with Crippen molar-refractivity contribution in [1.29, 1.82) is 0 Å². The van der Waals surface area contributed by atoms with Crippen LogP contribution >= 0.6 is 0 Å². The van der Waals surface area contributed by atoms with Crippen molar-refractivity contribution in [3.05, 3.63) is 78.6 Å². The van der Waals surface area contributed by atoms with Gasteiger partial charge in [0.2, 0.25) is 11.9 Å². The van der Waals surface area contributed by atoms with Crippen molar-refractivity contribution in [2.24, 2.45) is 0 Å². The lowest BCUT2D eigenvalue weighted by Crippen LogP contribution is -2.18. The van der Waals surface area contributed by atoms with Gasteiger partial charge in [0.25, 0.3) is 5.91 Å². The Morgan fingerprint density at radius 1 is 1.08 bits per heavy atom. The van der Waals surface area contributed by atoms with Crippen molar-refractivity contribution >= 4 is 40.2 Å². The summed E-state index contributed by atoms with van der Waals surface area (Å²) in [6.07, 6.45) is -2.38. The molecule has 0 unspecified atom stereocenters. The highest BCUT2D eigenvalue weighted by Crippen LogP contribution is 2.37. The van der Waals surface area contributed by atoms with E-state index in [0.29, 0.717) is 22.5 Å². The number of rotatable bonds is 7. The van der Waals surface area contributed by atoms with E-state index in [1.165, 1.54) is 25.4 Å². The minimum atomic E-state index is -4.70. The van der Waals surface area contributed by atoms with Crippen LogP contribution in [0.25, 0.3) is 11.0 Å². The van der Waals surface area contributed by atoms with E-state index in [4.69, 9.17) is 4.74 Å². The number of aromatic nitrogens is 3. The molecule has 2 aromatic heterocycles. The fourth-order valence-corrected chi connectivity index (χ4v) is 3.26. The minimum Gasteiger partial charge on any atom is -0.457 e. The topological polar surface area (TPSA) is 121 Å². The highest BCUT2D eigenvalue weighted by Gasteiger charge is 2.34. The largest absolute Gasteiger partial charge is 0.457 e.